The Morgan fingerprint density at radius 2 is 1.81 bits per heavy atom. The first-order valence-electron chi connectivity index (χ1n) is 10.9. The molecule has 2 aliphatic rings. The summed E-state index contributed by atoms with van der Waals surface area (Å²) < 4.78 is 31.1. The van der Waals surface area contributed by atoms with Crippen LogP contribution in [-0.2, 0) is 9.84 Å². The van der Waals surface area contributed by atoms with Crippen LogP contribution in [0.15, 0.2) is 53.1 Å². The molecule has 2 aromatic heterocycles. The first-order valence-corrected chi connectivity index (χ1v) is 12.7. The number of carbonyl (C=O) groups is 1. The van der Waals surface area contributed by atoms with Crippen LogP contribution in [0.25, 0.3) is 17.1 Å². The van der Waals surface area contributed by atoms with E-state index in [0.29, 0.717) is 49.6 Å². The normalized spacial score (nSPS) is 21.2. The Morgan fingerprint density at radius 1 is 1.06 bits per heavy atom. The lowest BCUT2D eigenvalue weighted by Gasteiger charge is -2.37. The Kier molecular flexibility index (Phi) is 5.38. The third-order valence-corrected chi connectivity index (χ3v) is 8.02. The molecule has 4 heterocycles. The molecule has 2 fully saturated rings. The molecule has 0 radical (unpaired) electrons. The molecular formula is C23H26N4O4S. The Labute approximate surface area is 187 Å². The molecule has 5 rings (SSSR count). The first kappa shape index (κ1) is 21.0. The SMILES string of the molecule is Cc1ccc(-c2nn(-c3ccccc3)cc2C(=O)N2CCN(C3CCS(=O)(=O)C3)CC2)o1. The number of hydrogen-bond donors (Lipinski definition) is 0. The van der Waals surface area contributed by atoms with E-state index in [1.54, 1.807) is 10.9 Å². The van der Waals surface area contributed by atoms with Crippen molar-refractivity contribution in [3.8, 4) is 17.1 Å². The molecule has 32 heavy (non-hydrogen) atoms. The molecule has 0 bridgehead atoms. The number of hydrogen-bond acceptors (Lipinski definition) is 6. The minimum absolute atomic E-state index is 0.0692. The molecule has 1 unspecified atom stereocenters. The van der Waals surface area contributed by atoms with Crippen LogP contribution in [0, 0.1) is 6.92 Å². The van der Waals surface area contributed by atoms with Crippen molar-refractivity contribution in [3.63, 3.8) is 0 Å². The van der Waals surface area contributed by atoms with Crippen molar-refractivity contribution in [3.05, 3.63) is 60.0 Å². The van der Waals surface area contributed by atoms with Crippen LogP contribution < -0.4 is 0 Å². The molecule has 8 nitrogen and oxygen atoms in total. The number of sulfone groups is 1. The monoisotopic (exact) mass is 454 g/mol. The Bertz CT molecular complexity index is 1220. The molecule has 168 valence electrons. The standard InChI is InChI=1S/C23H26N4O4S/c1-17-7-8-21(31-17)22-20(15-27(24-22)18-5-3-2-4-6-18)23(28)26-12-10-25(11-13-26)19-9-14-32(29,30)16-19/h2-8,15,19H,9-14,16H2,1H3. The Balaban J connectivity index is 1.38. The van der Waals surface area contributed by atoms with Gasteiger partial charge >= 0.3 is 0 Å². The number of amides is 1. The summed E-state index contributed by atoms with van der Waals surface area (Å²) in [7, 11) is -2.92. The second-order valence-corrected chi connectivity index (χ2v) is 10.7. The summed E-state index contributed by atoms with van der Waals surface area (Å²) >= 11 is 0. The topological polar surface area (TPSA) is 88.7 Å². The van der Waals surface area contributed by atoms with Crippen molar-refractivity contribution in [2.24, 2.45) is 0 Å². The van der Waals surface area contributed by atoms with Crippen molar-refractivity contribution in [2.45, 2.75) is 19.4 Å². The van der Waals surface area contributed by atoms with Crippen LogP contribution in [0.4, 0.5) is 0 Å². The zero-order valence-corrected chi connectivity index (χ0v) is 18.8. The van der Waals surface area contributed by atoms with E-state index in [2.05, 4.69) is 10.00 Å². The average Bonchev–Trinajstić information content (AvgIpc) is 3.52. The summed E-state index contributed by atoms with van der Waals surface area (Å²) in [5.41, 5.74) is 1.89. The minimum Gasteiger partial charge on any atom is -0.460 e. The van der Waals surface area contributed by atoms with Gasteiger partial charge in [-0.15, -0.1) is 0 Å². The van der Waals surface area contributed by atoms with Crippen LogP contribution in [0.3, 0.4) is 0 Å². The highest BCUT2D eigenvalue weighted by molar-refractivity contribution is 7.91. The molecule has 1 atom stereocenters. The van der Waals surface area contributed by atoms with Gasteiger partial charge in [-0.25, -0.2) is 13.1 Å². The Hall–Kier alpha value is -2.91. The fourth-order valence-corrected chi connectivity index (χ4v) is 6.27. The summed E-state index contributed by atoms with van der Waals surface area (Å²) in [5.74, 6) is 1.73. The average molecular weight is 455 g/mol. The maximum Gasteiger partial charge on any atom is 0.257 e. The number of para-hydroxylation sites is 1. The number of nitrogens with zero attached hydrogens (tertiary/aromatic N) is 4. The molecule has 1 aromatic carbocycles. The second kappa shape index (κ2) is 8.22. The van der Waals surface area contributed by atoms with E-state index < -0.39 is 9.84 Å². The maximum absolute atomic E-state index is 13.5. The fourth-order valence-electron chi connectivity index (χ4n) is 4.51. The molecule has 1 amide bonds. The number of piperazine rings is 1. The second-order valence-electron chi connectivity index (χ2n) is 8.47. The largest absolute Gasteiger partial charge is 0.460 e. The van der Waals surface area contributed by atoms with E-state index in [1.165, 1.54) is 0 Å². The molecule has 0 saturated carbocycles. The lowest BCUT2D eigenvalue weighted by atomic mass is 10.1. The maximum atomic E-state index is 13.5. The van der Waals surface area contributed by atoms with Gasteiger partial charge in [-0.3, -0.25) is 9.69 Å². The van der Waals surface area contributed by atoms with Gasteiger partial charge in [-0.1, -0.05) is 18.2 Å². The van der Waals surface area contributed by atoms with Crippen molar-refractivity contribution >= 4 is 15.7 Å². The van der Waals surface area contributed by atoms with Crippen LogP contribution in [0.1, 0.15) is 22.5 Å². The zero-order valence-electron chi connectivity index (χ0n) is 18.0. The number of rotatable bonds is 4. The predicted molar refractivity (Wildman–Crippen MR) is 121 cm³/mol. The van der Waals surface area contributed by atoms with Gasteiger partial charge in [-0.05, 0) is 37.6 Å². The van der Waals surface area contributed by atoms with Gasteiger partial charge in [0, 0.05) is 38.4 Å². The molecule has 0 N–H and O–H groups in total. The molecular weight excluding hydrogens is 428 g/mol. The van der Waals surface area contributed by atoms with Crippen LogP contribution in [-0.4, -0.2) is 77.6 Å². The van der Waals surface area contributed by atoms with Gasteiger partial charge in [0.2, 0.25) is 0 Å². The lowest BCUT2D eigenvalue weighted by Crippen LogP contribution is -2.52. The van der Waals surface area contributed by atoms with Crippen LogP contribution in [0.5, 0.6) is 0 Å². The summed E-state index contributed by atoms with van der Waals surface area (Å²) in [5, 5.41) is 4.67. The predicted octanol–water partition coefficient (Wildman–Crippen LogP) is 2.39. The van der Waals surface area contributed by atoms with E-state index in [0.717, 1.165) is 11.4 Å². The summed E-state index contributed by atoms with van der Waals surface area (Å²) in [6.07, 6.45) is 2.45. The van der Waals surface area contributed by atoms with E-state index in [1.807, 2.05) is 54.3 Å². The number of benzene rings is 1. The lowest BCUT2D eigenvalue weighted by molar-refractivity contribution is 0.0588. The summed E-state index contributed by atoms with van der Waals surface area (Å²) in [6.45, 7) is 4.33. The number of furan rings is 1. The van der Waals surface area contributed by atoms with E-state index in [9.17, 15) is 13.2 Å². The van der Waals surface area contributed by atoms with Gasteiger partial charge in [-0.2, -0.15) is 5.10 Å². The zero-order chi connectivity index (χ0) is 22.3. The molecule has 0 spiro atoms. The van der Waals surface area contributed by atoms with Gasteiger partial charge < -0.3 is 9.32 Å². The number of aromatic nitrogens is 2. The summed E-state index contributed by atoms with van der Waals surface area (Å²) in [4.78, 5) is 17.5. The third-order valence-electron chi connectivity index (χ3n) is 6.27. The summed E-state index contributed by atoms with van der Waals surface area (Å²) in [6, 6.07) is 13.4. The highest BCUT2D eigenvalue weighted by Gasteiger charge is 2.35. The third kappa shape index (κ3) is 4.10. The van der Waals surface area contributed by atoms with Crippen LogP contribution in [0.2, 0.25) is 0 Å². The van der Waals surface area contributed by atoms with Crippen molar-refractivity contribution in [1.29, 1.82) is 0 Å². The van der Waals surface area contributed by atoms with E-state index >= 15 is 0 Å². The van der Waals surface area contributed by atoms with Gasteiger partial charge in [0.25, 0.3) is 5.91 Å². The first-order chi connectivity index (χ1) is 15.4. The molecule has 0 aliphatic carbocycles. The smallest absolute Gasteiger partial charge is 0.257 e. The minimum atomic E-state index is -2.92. The van der Waals surface area contributed by atoms with Gasteiger partial charge in [0.1, 0.15) is 11.5 Å². The van der Waals surface area contributed by atoms with E-state index in [4.69, 9.17) is 4.42 Å². The molecule has 3 aromatic rings. The van der Waals surface area contributed by atoms with Gasteiger partial charge in [0.05, 0.1) is 22.8 Å². The fraction of sp³-hybridized carbons (Fsp3) is 0.391. The Morgan fingerprint density at radius 3 is 2.44 bits per heavy atom. The molecule has 9 heteroatoms. The van der Waals surface area contributed by atoms with Gasteiger partial charge in [0.15, 0.2) is 15.6 Å². The van der Waals surface area contributed by atoms with Crippen molar-refractivity contribution < 1.29 is 17.6 Å². The van der Waals surface area contributed by atoms with Crippen molar-refractivity contribution in [1.82, 2.24) is 19.6 Å². The quantitative estimate of drug-likeness (QED) is 0.602. The highest BCUT2D eigenvalue weighted by atomic mass is 32.2. The van der Waals surface area contributed by atoms with Crippen LogP contribution >= 0.6 is 0 Å². The highest BCUT2D eigenvalue weighted by Crippen LogP contribution is 2.27. The molecule has 2 aliphatic heterocycles. The van der Waals surface area contributed by atoms with E-state index in [-0.39, 0.29) is 23.5 Å². The number of carbonyl (C=O) groups excluding carboxylic acids is 1. The molecule has 2 saturated heterocycles. The number of aryl methyl sites for hydroxylation is 1. The van der Waals surface area contributed by atoms with Crippen molar-refractivity contribution in [2.75, 3.05) is 37.7 Å².